The maximum atomic E-state index is 11.3. The van der Waals surface area contributed by atoms with E-state index in [4.69, 9.17) is 17.3 Å². The van der Waals surface area contributed by atoms with Crippen molar-refractivity contribution in [1.29, 1.82) is 0 Å². The van der Waals surface area contributed by atoms with E-state index in [1.54, 1.807) is 6.07 Å². The molecule has 0 atom stereocenters. The molecule has 0 aliphatic rings. The van der Waals surface area contributed by atoms with Gasteiger partial charge in [-0.2, -0.15) is 0 Å². The zero-order chi connectivity index (χ0) is 14.6. The van der Waals surface area contributed by atoms with Gasteiger partial charge in [0, 0.05) is 11.2 Å². The molecule has 0 heterocycles. The zero-order valence-electron chi connectivity index (χ0n) is 11.6. The molecule has 0 saturated heterocycles. The number of benzene rings is 1. The molecule has 4 N–H and O–H groups in total. The molecule has 0 radical (unpaired) electrons. The maximum absolute atomic E-state index is 11.3. The average Bonchev–Trinajstić information content (AvgIpc) is 2.38. The van der Waals surface area contributed by atoms with Crippen molar-refractivity contribution in [3.05, 3.63) is 22.7 Å². The Morgan fingerprint density at radius 2 is 1.84 bits per heavy atom. The Hall–Kier alpha value is -1.42. The van der Waals surface area contributed by atoms with Crippen molar-refractivity contribution < 1.29 is 9.90 Å². The highest BCUT2D eigenvalue weighted by molar-refractivity contribution is 6.34. The lowest BCUT2D eigenvalue weighted by Crippen LogP contribution is -2.36. The minimum atomic E-state index is -1.03. The van der Waals surface area contributed by atoms with E-state index in [1.165, 1.54) is 6.07 Å². The average molecular weight is 285 g/mol. The highest BCUT2D eigenvalue weighted by Gasteiger charge is 2.27. The Morgan fingerprint density at radius 3 is 2.26 bits per heavy atom. The number of hydrogen-bond donors (Lipinski definition) is 3. The number of carboxylic acid groups (broad SMARTS) is 1. The Morgan fingerprint density at radius 1 is 1.32 bits per heavy atom. The predicted molar refractivity (Wildman–Crippen MR) is 80.1 cm³/mol. The van der Waals surface area contributed by atoms with E-state index in [0.29, 0.717) is 16.4 Å². The third-order valence-electron chi connectivity index (χ3n) is 3.76. The molecule has 0 aliphatic carbocycles. The molecule has 0 unspecified atom stereocenters. The topological polar surface area (TPSA) is 75.3 Å². The van der Waals surface area contributed by atoms with Gasteiger partial charge < -0.3 is 16.2 Å². The van der Waals surface area contributed by atoms with Gasteiger partial charge in [0.1, 0.15) is 0 Å². The first-order valence-corrected chi connectivity index (χ1v) is 6.87. The molecule has 1 aromatic carbocycles. The van der Waals surface area contributed by atoms with Crippen molar-refractivity contribution in [2.75, 3.05) is 11.1 Å². The third kappa shape index (κ3) is 3.32. The Balaban J connectivity index is 3.30. The van der Waals surface area contributed by atoms with Gasteiger partial charge in [-0.1, -0.05) is 32.4 Å². The molecule has 4 nitrogen and oxygen atoms in total. The molecule has 1 rings (SSSR count). The monoisotopic (exact) mass is 284 g/mol. The first-order chi connectivity index (χ1) is 8.89. The molecular formula is C14H21ClN2O2. The first kappa shape index (κ1) is 15.6. The van der Waals surface area contributed by atoms with Crippen molar-refractivity contribution in [2.24, 2.45) is 0 Å². The van der Waals surface area contributed by atoms with E-state index in [1.807, 2.05) is 0 Å². The van der Waals surface area contributed by atoms with Gasteiger partial charge in [-0.15, -0.1) is 0 Å². The Labute approximate surface area is 118 Å². The summed E-state index contributed by atoms with van der Waals surface area (Å²) in [5, 5.41) is 12.9. The van der Waals surface area contributed by atoms with Crippen LogP contribution in [0.15, 0.2) is 12.1 Å². The predicted octanol–water partition coefficient (Wildman–Crippen LogP) is 4.00. The summed E-state index contributed by atoms with van der Waals surface area (Å²) in [6.07, 6.45) is 2.67. The number of halogens is 1. The summed E-state index contributed by atoms with van der Waals surface area (Å²) < 4.78 is 0. The van der Waals surface area contributed by atoms with Crippen molar-refractivity contribution >= 4 is 28.9 Å². The molecule has 0 saturated carbocycles. The fourth-order valence-corrected chi connectivity index (χ4v) is 2.48. The molecule has 0 spiro atoms. The molecule has 0 aliphatic heterocycles. The van der Waals surface area contributed by atoms with E-state index >= 15 is 0 Å². The van der Waals surface area contributed by atoms with Gasteiger partial charge >= 0.3 is 5.97 Å². The van der Waals surface area contributed by atoms with Gasteiger partial charge in [0.05, 0.1) is 16.3 Å². The number of nitrogens with two attached hydrogens (primary N) is 1. The van der Waals surface area contributed by atoms with Crippen molar-refractivity contribution in [1.82, 2.24) is 0 Å². The summed E-state index contributed by atoms with van der Waals surface area (Å²) >= 11 is 6.15. The summed E-state index contributed by atoms with van der Waals surface area (Å²) in [5.74, 6) is -1.03. The van der Waals surface area contributed by atoms with Crippen LogP contribution in [0.2, 0.25) is 5.02 Å². The van der Waals surface area contributed by atoms with Gasteiger partial charge in [-0.3, -0.25) is 0 Å². The summed E-state index contributed by atoms with van der Waals surface area (Å²) in [6.45, 7) is 6.23. The summed E-state index contributed by atoms with van der Waals surface area (Å²) in [4.78, 5) is 11.3. The number of nitrogen functional groups attached to an aromatic ring is 1. The number of nitrogens with one attached hydrogen (secondary N) is 1. The molecule has 0 amide bonds. The smallest absolute Gasteiger partial charge is 0.337 e. The third-order valence-corrected chi connectivity index (χ3v) is 4.06. The number of aromatic carboxylic acids is 1. The van der Waals surface area contributed by atoms with Crippen molar-refractivity contribution in [3.8, 4) is 0 Å². The largest absolute Gasteiger partial charge is 0.478 e. The van der Waals surface area contributed by atoms with Gasteiger partial charge in [-0.25, -0.2) is 4.79 Å². The van der Waals surface area contributed by atoms with Crippen LogP contribution in [0.4, 0.5) is 11.4 Å². The van der Waals surface area contributed by atoms with E-state index in [-0.39, 0.29) is 11.1 Å². The minimum absolute atomic E-state index is 0.115. The number of anilines is 2. The standard InChI is InChI=1S/C14H21ClN2O2/c1-4-14(5-2,6-3)17-12-10(13(18)19)7-9(16)8-11(12)15/h7-8,17H,4-6,16H2,1-3H3,(H,18,19). The molecule has 0 fully saturated rings. The van der Waals surface area contributed by atoms with Crippen LogP contribution in [0.3, 0.4) is 0 Å². The quantitative estimate of drug-likeness (QED) is 0.690. The highest BCUT2D eigenvalue weighted by Crippen LogP contribution is 2.34. The van der Waals surface area contributed by atoms with Crippen LogP contribution >= 0.6 is 11.6 Å². The van der Waals surface area contributed by atoms with Crippen LogP contribution in [0, 0.1) is 0 Å². The number of hydrogen-bond acceptors (Lipinski definition) is 3. The van der Waals surface area contributed by atoms with Crippen LogP contribution in [-0.4, -0.2) is 16.6 Å². The van der Waals surface area contributed by atoms with E-state index < -0.39 is 5.97 Å². The second kappa shape index (κ2) is 6.15. The lowest BCUT2D eigenvalue weighted by Gasteiger charge is -2.34. The lowest BCUT2D eigenvalue weighted by molar-refractivity contribution is 0.0698. The van der Waals surface area contributed by atoms with Crippen LogP contribution in [-0.2, 0) is 0 Å². The first-order valence-electron chi connectivity index (χ1n) is 6.49. The van der Waals surface area contributed by atoms with Gasteiger partial charge in [0.15, 0.2) is 0 Å². The van der Waals surface area contributed by atoms with Crippen LogP contribution in [0.1, 0.15) is 50.4 Å². The lowest BCUT2D eigenvalue weighted by atomic mass is 9.89. The second-order valence-electron chi connectivity index (χ2n) is 4.70. The van der Waals surface area contributed by atoms with Crippen LogP contribution < -0.4 is 11.1 Å². The highest BCUT2D eigenvalue weighted by atomic mass is 35.5. The SMILES string of the molecule is CCC(CC)(CC)Nc1c(Cl)cc(N)cc1C(=O)O. The number of carboxylic acids is 1. The van der Waals surface area contributed by atoms with Crippen LogP contribution in [0.25, 0.3) is 0 Å². The molecule has 0 bridgehead atoms. The van der Waals surface area contributed by atoms with E-state index in [2.05, 4.69) is 26.1 Å². The number of rotatable bonds is 6. The molecule has 106 valence electrons. The molecule has 1 aromatic rings. The summed E-state index contributed by atoms with van der Waals surface area (Å²) in [7, 11) is 0. The summed E-state index contributed by atoms with van der Waals surface area (Å²) in [5.41, 5.74) is 6.42. The molecule has 19 heavy (non-hydrogen) atoms. The molecular weight excluding hydrogens is 264 g/mol. The Kier molecular flexibility index (Phi) is 5.06. The molecule has 5 heteroatoms. The van der Waals surface area contributed by atoms with Crippen molar-refractivity contribution in [2.45, 2.75) is 45.6 Å². The van der Waals surface area contributed by atoms with Crippen molar-refractivity contribution in [3.63, 3.8) is 0 Å². The van der Waals surface area contributed by atoms with Gasteiger partial charge in [0.25, 0.3) is 0 Å². The van der Waals surface area contributed by atoms with Crippen LogP contribution in [0.5, 0.6) is 0 Å². The maximum Gasteiger partial charge on any atom is 0.337 e. The fourth-order valence-electron chi connectivity index (χ4n) is 2.20. The fraction of sp³-hybridized carbons (Fsp3) is 0.500. The minimum Gasteiger partial charge on any atom is -0.478 e. The van der Waals surface area contributed by atoms with Gasteiger partial charge in [-0.05, 0) is 31.4 Å². The van der Waals surface area contributed by atoms with Gasteiger partial charge in [0.2, 0.25) is 0 Å². The van der Waals surface area contributed by atoms with E-state index in [0.717, 1.165) is 19.3 Å². The second-order valence-corrected chi connectivity index (χ2v) is 5.10. The summed E-state index contributed by atoms with van der Waals surface area (Å²) in [6, 6.07) is 3.00. The zero-order valence-corrected chi connectivity index (χ0v) is 12.3. The Bertz CT molecular complexity index is 462. The molecule has 0 aromatic heterocycles. The normalized spacial score (nSPS) is 11.4. The number of carbonyl (C=O) groups is 1. The van der Waals surface area contributed by atoms with E-state index in [9.17, 15) is 9.90 Å².